The van der Waals surface area contributed by atoms with E-state index in [-0.39, 0.29) is 11.8 Å². The van der Waals surface area contributed by atoms with E-state index in [2.05, 4.69) is 45.6 Å². The summed E-state index contributed by atoms with van der Waals surface area (Å²) in [5, 5.41) is 13.5. The number of hydrogen-bond donors (Lipinski definition) is 3. The molecule has 1 amide bonds. The molecule has 0 radical (unpaired) electrons. The Kier molecular flexibility index (Phi) is 10.1. The van der Waals surface area contributed by atoms with E-state index < -0.39 is 11.4 Å². The predicted octanol–water partition coefficient (Wildman–Crippen LogP) is 6.15. The average molecular weight is 458 g/mol. The molecule has 0 aromatic heterocycles. The summed E-state index contributed by atoms with van der Waals surface area (Å²) >= 11 is 4.38. The van der Waals surface area contributed by atoms with Gasteiger partial charge in [0, 0.05) is 18.2 Å². The molecule has 2 rings (SSSR count). The fourth-order valence-corrected chi connectivity index (χ4v) is 4.97. The number of carboxylic acids is 1. The van der Waals surface area contributed by atoms with Gasteiger partial charge in [-0.3, -0.25) is 9.59 Å². The number of rotatable bonds is 12. The molecule has 0 spiro atoms. The van der Waals surface area contributed by atoms with E-state index in [1.54, 1.807) is 0 Å². The van der Waals surface area contributed by atoms with Gasteiger partial charge in [-0.25, -0.2) is 0 Å². The number of carbonyl (C=O) groups is 2. The Hall–Kier alpha value is -2.01. The number of hydrogen-bond acceptors (Lipinski definition) is 3. The van der Waals surface area contributed by atoms with Crippen molar-refractivity contribution in [3.63, 3.8) is 0 Å². The van der Waals surface area contributed by atoms with Gasteiger partial charge >= 0.3 is 5.97 Å². The van der Waals surface area contributed by atoms with Crippen molar-refractivity contribution < 1.29 is 14.7 Å². The quantitative estimate of drug-likeness (QED) is 0.330. The van der Waals surface area contributed by atoms with Crippen molar-refractivity contribution in [1.29, 1.82) is 0 Å². The van der Waals surface area contributed by atoms with E-state index >= 15 is 0 Å². The number of allylic oxidation sites excluding steroid dienone is 1. The van der Waals surface area contributed by atoms with Crippen molar-refractivity contribution in [3.8, 4) is 0 Å². The lowest BCUT2D eigenvalue weighted by molar-refractivity contribution is -0.145. The number of carboxylic acid groups (broad SMARTS) is 1. The fourth-order valence-electron chi connectivity index (χ4n) is 4.65. The lowest BCUT2D eigenvalue weighted by atomic mass is 9.65. The fraction of sp³-hybridized carbons (Fsp3) is 0.556. The Balaban J connectivity index is 2.41. The maximum Gasteiger partial charge on any atom is 0.314 e. The third kappa shape index (κ3) is 6.28. The lowest BCUT2D eigenvalue weighted by Gasteiger charge is -2.38. The van der Waals surface area contributed by atoms with Gasteiger partial charge in [0.2, 0.25) is 5.91 Å². The second-order valence-electron chi connectivity index (χ2n) is 9.30. The second-order valence-corrected chi connectivity index (χ2v) is 9.67. The second kappa shape index (κ2) is 12.3. The lowest BCUT2D eigenvalue weighted by Crippen LogP contribution is -2.38. The number of benzene rings is 1. The average Bonchev–Trinajstić information content (AvgIpc) is 2.79. The molecule has 1 aliphatic carbocycles. The number of aliphatic carboxylic acids is 1. The summed E-state index contributed by atoms with van der Waals surface area (Å²) in [7, 11) is 0. The maximum atomic E-state index is 12.8. The van der Waals surface area contributed by atoms with Gasteiger partial charge in [-0.2, -0.15) is 12.6 Å². The van der Waals surface area contributed by atoms with Gasteiger partial charge in [-0.1, -0.05) is 82.5 Å². The predicted molar refractivity (Wildman–Crippen MR) is 136 cm³/mol. The van der Waals surface area contributed by atoms with Crippen molar-refractivity contribution >= 4 is 30.1 Å². The topological polar surface area (TPSA) is 66.4 Å². The van der Waals surface area contributed by atoms with Crippen molar-refractivity contribution in [2.75, 3.05) is 12.3 Å². The molecule has 0 aliphatic heterocycles. The zero-order valence-corrected chi connectivity index (χ0v) is 20.9. The molecule has 176 valence electrons. The molecule has 32 heavy (non-hydrogen) atoms. The minimum absolute atomic E-state index is 0.0207. The van der Waals surface area contributed by atoms with Crippen LogP contribution in [0.2, 0.25) is 0 Å². The summed E-state index contributed by atoms with van der Waals surface area (Å²) in [5.74, 6) is 0.0909. The van der Waals surface area contributed by atoms with Crippen LogP contribution < -0.4 is 5.32 Å². The van der Waals surface area contributed by atoms with Crippen LogP contribution in [0.15, 0.2) is 47.6 Å². The van der Waals surface area contributed by atoms with Crippen molar-refractivity contribution in [3.05, 3.63) is 53.1 Å². The molecule has 0 heterocycles. The van der Waals surface area contributed by atoms with E-state index in [0.29, 0.717) is 31.1 Å². The SMILES string of the molecule is CCCCC1(C(=O)O)CC(CC)=C(CNC(=O)[C@@H](CS)CC(C)C)C=C1c1ccccc1. The van der Waals surface area contributed by atoms with Gasteiger partial charge in [0.1, 0.15) is 0 Å². The molecule has 0 fully saturated rings. The van der Waals surface area contributed by atoms with E-state index in [1.807, 2.05) is 36.4 Å². The van der Waals surface area contributed by atoms with Gasteiger partial charge < -0.3 is 10.4 Å². The molecular weight excluding hydrogens is 418 g/mol. The van der Waals surface area contributed by atoms with Crippen LogP contribution in [0.25, 0.3) is 5.57 Å². The molecule has 1 aromatic rings. The molecule has 0 saturated heterocycles. The highest BCUT2D eigenvalue weighted by Crippen LogP contribution is 2.49. The highest BCUT2D eigenvalue weighted by molar-refractivity contribution is 7.80. The molecule has 1 aliphatic rings. The smallest absolute Gasteiger partial charge is 0.314 e. The Labute approximate surface area is 199 Å². The van der Waals surface area contributed by atoms with Gasteiger partial charge in [0.05, 0.1) is 5.41 Å². The molecular formula is C27H39NO3S. The van der Waals surface area contributed by atoms with Crippen LogP contribution >= 0.6 is 12.6 Å². The van der Waals surface area contributed by atoms with Crippen LogP contribution in [0.3, 0.4) is 0 Å². The third-order valence-corrected chi connectivity index (χ3v) is 6.92. The molecule has 1 unspecified atom stereocenters. The summed E-state index contributed by atoms with van der Waals surface area (Å²) in [5.41, 5.74) is 3.03. The Bertz CT molecular complexity index is 844. The number of carbonyl (C=O) groups excluding carboxylic acids is 1. The molecule has 0 saturated carbocycles. The Morgan fingerprint density at radius 3 is 2.41 bits per heavy atom. The van der Waals surface area contributed by atoms with Crippen molar-refractivity contribution in [2.45, 2.75) is 66.2 Å². The van der Waals surface area contributed by atoms with Crippen molar-refractivity contribution in [2.24, 2.45) is 17.3 Å². The van der Waals surface area contributed by atoms with E-state index in [1.165, 1.54) is 0 Å². The largest absolute Gasteiger partial charge is 0.481 e. The van der Waals surface area contributed by atoms with E-state index in [0.717, 1.165) is 48.0 Å². The number of nitrogens with one attached hydrogen (secondary N) is 1. The minimum Gasteiger partial charge on any atom is -0.481 e. The summed E-state index contributed by atoms with van der Waals surface area (Å²) < 4.78 is 0. The first kappa shape index (κ1) is 26.2. The number of unbranched alkanes of at least 4 members (excludes halogenated alkanes) is 1. The van der Waals surface area contributed by atoms with Crippen LogP contribution in [-0.4, -0.2) is 29.3 Å². The van der Waals surface area contributed by atoms with Gasteiger partial charge in [0.25, 0.3) is 0 Å². The number of amides is 1. The molecule has 2 N–H and O–H groups in total. The highest BCUT2D eigenvalue weighted by atomic mass is 32.1. The van der Waals surface area contributed by atoms with E-state index in [9.17, 15) is 14.7 Å². The van der Waals surface area contributed by atoms with Crippen LogP contribution in [0, 0.1) is 17.3 Å². The molecule has 5 heteroatoms. The van der Waals surface area contributed by atoms with Crippen LogP contribution in [0.4, 0.5) is 0 Å². The maximum absolute atomic E-state index is 12.8. The minimum atomic E-state index is -0.929. The first-order chi connectivity index (χ1) is 15.3. The first-order valence-electron chi connectivity index (χ1n) is 11.9. The molecule has 1 aromatic carbocycles. The van der Waals surface area contributed by atoms with Crippen LogP contribution in [0.5, 0.6) is 0 Å². The summed E-state index contributed by atoms with van der Waals surface area (Å²) in [6, 6.07) is 9.82. The summed E-state index contributed by atoms with van der Waals surface area (Å²) in [4.78, 5) is 25.5. The van der Waals surface area contributed by atoms with E-state index in [4.69, 9.17) is 0 Å². The number of thiol groups is 1. The molecule has 2 atom stereocenters. The van der Waals surface area contributed by atoms with Gasteiger partial charge in [0.15, 0.2) is 0 Å². The summed E-state index contributed by atoms with van der Waals surface area (Å²) in [6.45, 7) is 8.81. The Morgan fingerprint density at radius 1 is 1.19 bits per heavy atom. The van der Waals surface area contributed by atoms with Crippen LogP contribution in [-0.2, 0) is 9.59 Å². The Morgan fingerprint density at radius 2 is 1.88 bits per heavy atom. The first-order valence-corrected chi connectivity index (χ1v) is 12.5. The van der Waals surface area contributed by atoms with Crippen molar-refractivity contribution in [1.82, 2.24) is 5.32 Å². The normalized spacial score (nSPS) is 19.6. The summed E-state index contributed by atoms with van der Waals surface area (Å²) in [6.07, 6.45) is 6.53. The van der Waals surface area contributed by atoms with Crippen LogP contribution in [0.1, 0.15) is 71.8 Å². The standard InChI is InChI=1S/C27H39NO3S/c1-5-7-13-27(26(30)31)16-20(6-2)22(15-24(27)21-11-9-8-10-12-21)17-28-25(29)23(18-32)14-19(3)4/h8-12,15,19,23,32H,5-7,13-14,16-18H2,1-4H3,(H,28,29)(H,30,31)/t23-,27?/m1/s1. The van der Waals surface area contributed by atoms with Gasteiger partial charge in [-0.05, 0) is 48.3 Å². The highest BCUT2D eigenvalue weighted by Gasteiger charge is 2.44. The van der Waals surface area contributed by atoms with Gasteiger partial charge in [-0.15, -0.1) is 0 Å². The third-order valence-electron chi connectivity index (χ3n) is 6.48. The molecule has 0 bridgehead atoms. The zero-order chi connectivity index (χ0) is 23.7. The zero-order valence-electron chi connectivity index (χ0n) is 20.0. The molecule has 4 nitrogen and oxygen atoms in total. The monoisotopic (exact) mass is 457 g/mol.